The van der Waals surface area contributed by atoms with Gasteiger partial charge in [-0.05, 0) is 18.6 Å². The van der Waals surface area contributed by atoms with Crippen LogP contribution < -0.4 is 0 Å². The highest BCUT2D eigenvalue weighted by Crippen LogP contribution is 2.21. The fourth-order valence-electron chi connectivity index (χ4n) is 3.78. The maximum Gasteiger partial charge on any atom is 0.254 e. The van der Waals surface area contributed by atoms with Gasteiger partial charge in [-0.15, -0.1) is 0 Å². The molecule has 3 heterocycles. The van der Waals surface area contributed by atoms with Crippen LogP contribution in [0.4, 0.5) is 0 Å². The second-order valence-corrected chi connectivity index (χ2v) is 6.86. The third kappa shape index (κ3) is 3.29. The van der Waals surface area contributed by atoms with Gasteiger partial charge in [0.1, 0.15) is 5.82 Å². The fourth-order valence-corrected chi connectivity index (χ4v) is 3.78. The van der Waals surface area contributed by atoms with E-state index in [4.69, 9.17) is 0 Å². The Balaban J connectivity index is 1.57. The van der Waals surface area contributed by atoms with Crippen molar-refractivity contribution in [2.24, 2.45) is 5.92 Å². The van der Waals surface area contributed by atoms with Gasteiger partial charge in [-0.3, -0.25) is 9.59 Å². The summed E-state index contributed by atoms with van der Waals surface area (Å²) in [5.41, 5.74) is 0.693. The average Bonchev–Trinajstić information content (AvgIpc) is 3.19. The fraction of sp³-hybridized carbons (Fsp3) is 0.421. The molecule has 1 aromatic carbocycles. The van der Waals surface area contributed by atoms with Gasteiger partial charge < -0.3 is 14.4 Å². The Morgan fingerprint density at radius 3 is 2.80 bits per heavy atom. The van der Waals surface area contributed by atoms with Gasteiger partial charge in [0.2, 0.25) is 5.91 Å². The Bertz CT molecular complexity index is 771. The SMILES string of the molecule is O=C1CCCN1CC1CN(C(=O)c2ccccc2)Cc2nccn2C1. The van der Waals surface area contributed by atoms with Crippen molar-refractivity contribution >= 4 is 11.8 Å². The van der Waals surface area contributed by atoms with Gasteiger partial charge in [-0.25, -0.2) is 4.98 Å². The molecule has 1 fully saturated rings. The van der Waals surface area contributed by atoms with Gasteiger partial charge >= 0.3 is 0 Å². The Kier molecular flexibility index (Phi) is 4.26. The van der Waals surface area contributed by atoms with E-state index in [0.717, 1.165) is 25.3 Å². The van der Waals surface area contributed by atoms with Crippen molar-refractivity contribution in [2.75, 3.05) is 19.6 Å². The molecule has 1 unspecified atom stereocenters. The van der Waals surface area contributed by atoms with Crippen LogP contribution in [0.15, 0.2) is 42.7 Å². The highest BCUT2D eigenvalue weighted by atomic mass is 16.2. The number of hydrogen-bond donors (Lipinski definition) is 0. The Morgan fingerprint density at radius 2 is 2.04 bits per heavy atom. The quantitative estimate of drug-likeness (QED) is 0.857. The molecule has 6 nitrogen and oxygen atoms in total. The van der Waals surface area contributed by atoms with Crippen LogP contribution in [-0.2, 0) is 17.9 Å². The molecule has 2 aliphatic heterocycles. The number of benzene rings is 1. The zero-order chi connectivity index (χ0) is 17.2. The summed E-state index contributed by atoms with van der Waals surface area (Å²) in [6, 6.07) is 9.36. The third-order valence-corrected chi connectivity index (χ3v) is 5.03. The lowest BCUT2D eigenvalue weighted by atomic mass is 10.1. The summed E-state index contributed by atoms with van der Waals surface area (Å²) >= 11 is 0. The van der Waals surface area contributed by atoms with E-state index in [-0.39, 0.29) is 17.7 Å². The lowest BCUT2D eigenvalue weighted by molar-refractivity contribution is -0.128. The summed E-state index contributed by atoms with van der Waals surface area (Å²) in [5.74, 6) is 1.37. The molecule has 1 saturated heterocycles. The van der Waals surface area contributed by atoms with Crippen molar-refractivity contribution in [1.82, 2.24) is 19.4 Å². The van der Waals surface area contributed by atoms with E-state index in [2.05, 4.69) is 9.55 Å². The summed E-state index contributed by atoms with van der Waals surface area (Å²) < 4.78 is 2.11. The maximum absolute atomic E-state index is 12.9. The van der Waals surface area contributed by atoms with Crippen LogP contribution in [0.1, 0.15) is 29.0 Å². The summed E-state index contributed by atoms with van der Waals surface area (Å²) in [4.78, 5) is 33.2. The molecule has 2 aliphatic rings. The first-order valence-corrected chi connectivity index (χ1v) is 8.83. The van der Waals surface area contributed by atoms with E-state index in [1.807, 2.05) is 46.3 Å². The van der Waals surface area contributed by atoms with Gasteiger partial charge in [-0.1, -0.05) is 18.2 Å². The zero-order valence-electron chi connectivity index (χ0n) is 14.2. The van der Waals surface area contributed by atoms with Crippen molar-refractivity contribution in [1.29, 1.82) is 0 Å². The number of hydrogen-bond acceptors (Lipinski definition) is 3. The van der Waals surface area contributed by atoms with Crippen molar-refractivity contribution in [3.8, 4) is 0 Å². The largest absolute Gasteiger partial charge is 0.342 e. The molecule has 0 radical (unpaired) electrons. The molecule has 1 aromatic heterocycles. The first-order valence-electron chi connectivity index (χ1n) is 8.83. The van der Waals surface area contributed by atoms with Crippen LogP contribution in [-0.4, -0.2) is 50.8 Å². The standard InChI is InChI=1S/C19H22N4O2/c24-18-7-4-9-22(18)12-15-11-21-10-8-20-17(21)14-23(13-15)19(25)16-5-2-1-3-6-16/h1-3,5-6,8,10,15H,4,7,9,11-14H2. The number of nitrogens with zero attached hydrogens (tertiary/aromatic N) is 4. The highest BCUT2D eigenvalue weighted by molar-refractivity contribution is 5.94. The molecule has 0 spiro atoms. The van der Waals surface area contributed by atoms with Gasteiger partial charge in [0.15, 0.2) is 0 Å². The Morgan fingerprint density at radius 1 is 1.20 bits per heavy atom. The van der Waals surface area contributed by atoms with Crippen molar-refractivity contribution < 1.29 is 9.59 Å². The summed E-state index contributed by atoms with van der Waals surface area (Å²) in [6.07, 6.45) is 5.33. The lowest BCUT2D eigenvalue weighted by Crippen LogP contribution is -2.39. The molecule has 25 heavy (non-hydrogen) atoms. The van der Waals surface area contributed by atoms with Gasteiger partial charge in [0.05, 0.1) is 6.54 Å². The van der Waals surface area contributed by atoms with E-state index in [1.165, 1.54) is 0 Å². The van der Waals surface area contributed by atoms with Crippen LogP contribution in [0, 0.1) is 5.92 Å². The normalized spacial score (nSPS) is 20.5. The predicted octanol–water partition coefficient (Wildman–Crippen LogP) is 1.78. The van der Waals surface area contributed by atoms with Crippen LogP contribution in [0.25, 0.3) is 0 Å². The molecule has 0 aliphatic carbocycles. The summed E-state index contributed by atoms with van der Waals surface area (Å²) in [5, 5.41) is 0. The topological polar surface area (TPSA) is 58.4 Å². The smallest absolute Gasteiger partial charge is 0.254 e. The third-order valence-electron chi connectivity index (χ3n) is 5.03. The average molecular weight is 338 g/mol. The number of amides is 2. The highest BCUT2D eigenvalue weighted by Gasteiger charge is 2.30. The van der Waals surface area contributed by atoms with Crippen LogP contribution in [0.2, 0.25) is 0 Å². The number of fused-ring (bicyclic) bond motifs is 1. The summed E-state index contributed by atoms with van der Waals surface area (Å²) in [7, 11) is 0. The van der Waals surface area contributed by atoms with Gasteiger partial charge in [0, 0.05) is 56.5 Å². The molecule has 0 N–H and O–H groups in total. The first-order chi connectivity index (χ1) is 12.2. The Hall–Kier alpha value is -2.63. The minimum atomic E-state index is 0.0230. The number of carbonyl (C=O) groups is 2. The molecular formula is C19H22N4O2. The lowest BCUT2D eigenvalue weighted by Gasteiger charge is -2.27. The van der Waals surface area contributed by atoms with E-state index in [1.54, 1.807) is 6.20 Å². The molecule has 130 valence electrons. The predicted molar refractivity (Wildman–Crippen MR) is 92.7 cm³/mol. The Labute approximate surface area is 147 Å². The monoisotopic (exact) mass is 338 g/mol. The minimum Gasteiger partial charge on any atom is -0.342 e. The van der Waals surface area contributed by atoms with Crippen LogP contribution >= 0.6 is 0 Å². The molecule has 2 aromatic rings. The number of carbonyl (C=O) groups excluding carboxylic acids is 2. The number of aromatic nitrogens is 2. The van der Waals surface area contributed by atoms with Gasteiger partial charge in [-0.2, -0.15) is 0 Å². The van der Waals surface area contributed by atoms with Crippen molar-refractivity contribution in [2.45, 2.75) is 25.9 Å². The molecule has 0 saturated carbocycles. The molecular weight excluding hydrogens is 316 g/mol. The van der Waals surface area contributed by atoms with E-state index in [0.29, 0.717) is 31.6 Å². The van der Waals surface area contributed by atoms with Gasteiger partial charge in [0.25, 0.3) is 5.91 Å². The summed E-state index contributed by atoms with van der Waals surface area (Å²) in [6.45, 7) is 3.47. The second kappa shape index (κ2) is 6.70. The van der Waals surface area contributed by atoms with E-state index >= 15 is 0 Å². The second-order valence-electron chi connectivity index (χ2n) is 6.86. The zero-order valence-corrected chi connectivity index (χ0v) is 14.2. The van der Waals surface area contributed by atoms with Crippen molar-refractivity contribution in [3.63, 3.8) is 0 Å². The number of rotatable bonds is 3. The molecule has 0 bridgehead atoms. The van der Waals surface area contributed by atoms with Crippen LogP contribution in [0.3, 0.4) is 0 Å². The first kappa shape index (κ1) is 15.9. The van der Waals surface area contributed by atoms with Crippen molar-refractivity contribution in [3.05, 3.63) is 54.1 Å². The molecule has 2 amide bonds. The van der Waals surface area contributed by atoms with E-state index in [9.17, 15) is 9.59 Å². The van der Waals surface area contributed by atoms with Crippen LogP contribution in [0.5, 0.6) is 0 Å². The number of likely N-dealkylation sites (tertiary alicyclic amines) is 1. The molecule has 4 rings (SSSR count). The minimum absolute atomic E-state index is 0.0230. The maximum atomic E-state index is 12.9. The molecule has 6 heteroatoms. The van der Waals surface area contributed by atoms with E-state index < -0.39 is 0 Å². The number of imidazole rings is 1. The molecule has 1 atom stereocenters.